The number of hydrogen-bond donors (Lipinski definition) is 1. The maximum atomic E-state index is 12.4. The molecule has 2 aromatic rings. The third-order valence-electron chi connectivity index (χ3n) is 4.30. The van der Waals surface area contributed by atoms with E-state index in [9.17, 15) is 9.59 Å². The van der Waals surface area contributed by atoms with E-state index in [1.807, 2.05) is 25.1 Å². The van der Waals surface area contributed by atoms with Crippen LogP contribution in [0.2, 0.25) is 0 Å². The molecule has 6 nitrogen and oxygen atoms in total. The SMILES string of the molecule is COc1ccc(C)cc1NC(=O)CCCC(=O)c1ccc2c(c1)OCCO2. The van der Waals surface area contributed by atoms with Crippen molar-refractivity contribution in [2.45, 2.75) is 26.2 Å². The smallest absolute Gasteiger partial charge is 0.224 e. The Morgan fingerprint density at radius 3 is 2.59 bits per heavy atom. The second-order valence-electron chi connectivity index (χ2n) is 6.39. The Kier molecular flexibility index (Phi) is 5.96. The van der Waals surface area contributed by atoms with Crippen LogP contribution in [-0.4, -0.2) is 32.0 Å². The normalized spacial score (nSPS) is 12.4. The molecule has 0 aromatic heterocycles. The average Bonchev–Trinajstić information content (AvgIpc) is 2.67. The molecule has 1 heterocycles. The third-order valence-corrected chi connectivity index (χ3v) is 4.30. The number of anilines is 1. The van der Waals surface area contributed by atoms with Gasteiger partial charge in [0.15, 0.2) is 17.3 Å². The molecule has 27 heavy (non-hydrogen) atoms. The van der Waals surface area contributed by atoms with Gasteiger partial charge in [-0.15, -0.1) is 0 Å². The minimum atomic E-state index is -0.145. The fourth-order valence-corrected chi connectivity index (χ4v) is 2.90. The van der Waals surface area contributed by atoms with Crippen LogP contribution in [0, 0.1) is 6.92 Å². The molecule has 1 aliphatic heterocycles. The summed E-state index contributed by atoms with van der Waals surface area (Å²) in [6.45, 7) is 2.94. The van der Waals surface area contributed by atoms with Gasteiger partial charge in [0.25, 0.3) is 0 Å². The molecular weight excluding hydrogens is 346 g/mol. The number of hydrogen-bond acceptors (Lipinski definition) is 5. The van der Waals surface area contributed by atoms with Crippen molar-refractivity contribution in [2.24, 2.45) is 0 Å². The standard InChI is InChI=1S/C21H23NO5/c1-14-6-8-18(25-2)16(12-14)22-21(24)5-3-4-17(23)15-7-9-19-20(13-15)27-11-10-26-19/h6-9,12-13H,3-5,10-11H2,1-2H3,(H,22,24). The van der Waals surface area contributed by atoms with Crippen molar-refractivity contribution in [1.82, 2.24) is 0 Å². The summed E-state index contributed by atoms with van der Waals surface area (Å²) in [5.41, 5.74) is 2.24. The van der Waals surface area contributed by atoms with E-state index in [-0.39, 0.29) is 24.5 Å². The van der Waals surface area contributed by atoms with Crippen LogP contribution in [0.25, 0.3) is 0 Å². The topological polar surface area (TPSA) is 73.9 Å². The lowest BCUT2D eigenvalue weighted by molar-refractivity contribution is -0.116. The number of Topliss-reactive ketones (excluding diaryl/α,β-unsaturated/α-hetero) is 1. The molecule has 0 saturated heterocycles. The highest BCUT2D eigenvalue weighted by molar-refractivity contribution is 5.97. The van der Waals surface area contributed by atoms with E-state index in [1.54, 1.807) is 25.3 Å². The van der Waals surface area contributed by atoms with Crippen molar-refractivity contribution in [1.29, 1.82) is 0 Å². The molecule has 0 fully saturated rings. The Bertz CT molecular complexity index is 846. The molecule has 142 valence electrons. The fraction of sp³-hybridized carbons (Fsp3) is 0.333. The molecule has 0 atom stereocenters. The van der Waals surface area contributed by atoms with Crippen LogP contribution in [0.1, 0.15) is 35.2 Å². The Hall–Kier alpha value is -3.02. The van der Waals surface area contributed by atoms with Crippen LogP contribution in [0.4, 0.5) is 5.69 Å². The van der Waals surface area contributed by atoms with Gasteiger partial charge in [-0.2, -0.15) is 0 Å². The minimum absolute atomic E-state index is 0.0205. The molecule has 1 amide bonds. The predicted octanol–water partition coefficient (Wildman–Crippen LogP) is 3.77. The zero-order valence-electron chi connectivity index (χ0n) is 15.5. The molecule has 0 saturated carbocycles. The van der Waals surface area contributed by atoms with Gasteiger partial charge in [-0.3, -0.25) is 9.59 Å². The number of methoxy groups -OCH3 is 1. The van der Waals surface area contributed by atoms with E-state index in [0.29, 0.717) is 48.1 Å². The number of aryl methyl sites for hydroxylation is 1. The Labute approximate surface area is 158 Å². The summed E-state index contributed by atoms with van der Waals surface area (Å²) in [7, 11) is 1.56. The van der Waals surface area contributed by atoms with Gasteiger partial charge in [0.1, 0.15) is 19.0 Å². The number of amides is 1. The number of carbonyl (C=O) groups is 2. The fourth-order valence-electron chi connectivity index (χ4n) is 2.90. The second-order valence-corrected chi connectivity index (χ2v) is 6.39. The van der Waals surface area contributed by atoms with Crippen LogP contribution < -0.4 is 19.5 Å². The Morgan fingerprint density at radius 2 is 1.81 bits per heavy atom. The largest absolute Gasteiger partial charge is 0.495 e. The van der Waals surface area contributed by atoms with Gasteiger partial charge in [-0.05, 0) is 49.2 Å². The van der Waals surface area contributed by atoms with Gasteiger partial charge in [-0.1, -0.05) is 6.07 Å². The van der Waals surface area contributed by atoms with E-state index >= 15 is 0 Å². The van der Waals surface area contributed by atoms with Crippen molar-refractivity contribution in [3.63, 3.8) is 0 Å². The van der Waals surface area contributed by atoms with Crippen LogP contribution in [0.3, 0.4) is 0 Å². The van der Waals surface area contributed by atoms with E-state index in [2.05, 4.69) is 5.32 Å². The zero-order valence-corrected chi connectivity index (χ0v) is 15.5. The van der Waals surface area contributed by atoms with E-state index < -0.39 is 0 Å². The van der Waals surface area contributed by atoms with Gasteiger partial charge in [0, 0.05) is 18.4 Å². The summed E-state index contributed by atoms with van der Waals surface area (Å²) in [4.78, 5) is 24.6. The van der Waals surface area contributed by atoms with E-state index in [1.165, 1.54) is 0 Å². The van der Waals surface area contributed by atoms with Crippen molar-refractivity contribution < 1.29 is 23.8 Å². The summed E-state index contributed by atoms with van der Waals surface area (Å²) < 4.78 is 16.2. The lowest BCUT2D eigenvalue weighted by Gasteiger charge is -2.18. The molecule has 1 aliphatic rings. The van der Waals surface area contributed by atoms with Gasteiger partial charge in [0.05, 0.1) is 12.8 Å². The number of fused-ring (bicyclic) bond motifs is 1. The van der Waals surface area contributed by atoms with Crippen LogP contribution >= 0.6 is 0 Å². The van der Waals surface area contributed by atoms with Crippen LogP contribution in [0.15, 0.2) is 36.4 Å². The van der Waals surface area contributed by atoms with Crippen molar-refractivity contribution in [3.8, 4) is 17.2 Å². The van der Waals surface area contributed by atoms with Crippen LogP contribution in [0.5, 0.6) is 17.2 Å². The van der Waals surface area contributed by atoms with Crippen molar-refractivity contribution >= 4 is 17.4 Å². The average molecular weight is 369 g/mol. The highest BCUT2D eigenvalue weighted by atomic mass is 16.6. The molecule has 3 rings (SSSR count). The maximum Gasteiger partial charge on any atom is 0.224 e. The predicted molar refractivity (Wildman–Crippen MR) is 102 cm³/mol. The third kappa shape index (κ3) is 4.78. The lowest BCUT2D eigenvalue weighted by Crippen LogP contribution is -2.16. The molecule has 0 bridgehead atoms. The van der Waals surface area contributed by atoms with Gasteiger partial charge in [-0.25, -0.2) is 0 Å². The highest BCUT2D eigenvalue weighted by Crippen LogP contribution is 2.31. The Balaban J connectivity index is 1.51. The molecule has 0 radical (unpaired) electrons. The maximum absolute atomic E-state index is 12.4. The quantitative estimate of drug-likeness (QED) is 0.752. The number of ketones is 1. The lowest BCUT2D eigenvalue weighted by atomic mass is 10.0. The van der Waals surface area contributed by atoms with Crippen molar-refractivity contribution in [3.05, 3.63) is 47.5 Å². The first-order valence-corrected chi connectivity index (χ1v) is 8.94. The first kappa shape index (κ1) is 18.8. The van der Waals surface area contributed by atoms with Crippen LogP contribution in [-0.2, 0) is 4.79 Å². The van der Waals surface area contributed by atoms with Crippen molar-refractivity contribution in [2.75, 3.05) is 25.6 Å². The molecule has 0 aliphatic carbocycles. The molecule has 2 aromatic carbocycles. The second kappa shape index (κ2) is 8.58. The number of rotatable bonds is 7. The summed E-state index contributed by atoms with van der Waals surface area (Å²) in [5, 5.41) is 2.84. The molecule has 6 heteroatoms. The minimum Gasteiger partial charge on any atom is -0.495 e. The molecule has 0 spiro atoms. The number of carbonyl (C=O) groups excluding carboxylic acids is 2. The first-order chi connectivity index (χ1) is 13.1. The molecule has 1 N–H and O–H groups in total. The zero-order chi connectivity index (χ0) is 19.2. The van der Waals surface area contributed by atoms with Gasteiger partial charge in [0.2, 0.25) is 5.91 Å². The summed E-state index contributed by atoms with van der Waals surface area (Å²) in [5.74, 6) is 1.70. The highest BCUT2D eigenvalue weighted by Gasteiger charge is 2.15. The van der Waals surface area contributed by atoms with E-state index in [0.717, 1.165) is 5.56 Å². The number of benzene rings is 2. The monoisotopic (exact) mass is 369 g/mol. The van der Waals surface area contributed by atoms with Gasteiger partial charge < -0.3 is 19.5 Å². The molecule has 0 unspecified atom stereocenters. The summed E-state index contributed by atoms with van der Waals surface area (Å²) in [6, 6.07) is 10.8. The summed E-state index contributed by atoms with van der Waals surface area (Å²) in [6.07, 6.45) is 1.01. The summed E-state index contributed by atoms with van der Waals surface area (Å²) >= 11 is 0. The van der Waals surface area contributed by atoms with E-state index in [4.69, 9.17) is 14.2 Å². The van der Waals surface area contributed by atoms with Gasteiger partial charge >= 0.3 is 0 Å². The Morgan fingerprint density at radius 1 is 1.04 bits per heavy atom. The number of nitrogens with one attached hydrogen (secondary N) is 1. The molecular formula is C21H23NO5. The first-order valence-electron chi connectivity index (χ1n) is 8.94. The number of ether oxygens (including phenoxy) is 3.